The van der Waals surface area contributed by atoms with Crippen LogP contribution in [0.2, 0.25) is 0 Å². The van der Waals surface area contributed by atoms with Gasteiger partial charge < -0.3 is 10.1 Å². The normalized spacial score (nSPS) is 15.6. The van der Waals surface area contributed by atoms with Crippen LogP contribution >= 0.6 is 11.3 Å². The third-order valence-electron chi connectivity index (χ3n) is 5.21. The number of rotatable bonds is 5. The monoisotopic (exact) mass is 464 g/mol. The fourth-order valence-corrected chi connectivity index (χ4v) is 6.03. The molecule has 0 saturated heterocycles. The molecule has 0 radical (unpaired) electrons. The van der Waals surface area contributed by atoms with Crippen molar-refractivity contribution in [2.45, 2.75) is 38.0 Å². The number of hydrogen-bond acceptors (Lipinski definition) is 7. The maximum atomic E-state index is 13.0. The highest BCUT2D eigenvalue weighted by Gasteiger charge is 2.30. The fourth-order valence-electron chi connectivity index (χ4n) is 3.54. The van der Waals surface area contributed by atoms with E-state index in [1.165, 1.54) is 30.4 Å². The van der Waals surface area contributed by atoms with Crippen molar-refractivity contribution in [3.8, 4) is 0 Å². The van der Waals surface area contributed by atoms with E-state index in [1.807, 2.05) is 0 Å². The lowest BCUT2D eigenvalue weighted by molar-refractivity contribution is 0.0937. The Hall–Kier alpha value is -2.72. The first kappa shape index (κ1) is 23.0. The third kappa shape index (κ3) is 4.80. The minimum Gasteiger partial charge on any atom is -0.453 e. The number of carbonyl (C=O) groups is 3. The Kier molecular flexibility index (Phi) is 6.80. The summed E-state index contributed by atoms with van der Waals surface area (Å²) >= 11 is 1.28. The van der Waals surface area contributed by atoms with E-state index in [1.54, 1.807) is 12.1 Å². The van der Waals surface area contributed by atoms with Crippen molar-refractivity contribution in [1.29, 1.82) is 0 Å². The summed E-state index contributed by atoms with van der Waals surface area (Å²) in [5.74, 6) is -1.01. The Balaban J connectivity index is 2.01. The van der Waals surface area contributed by atoms with E-state index >= 15 is 0 Å². The Morgan fingerprint density at radius 1 is 1.19 bits per heavy atom. The maximum Gasteiger partial charge on any atom is 0.413 e. The van der Waals surface area contributed by atoms with Gasteiger partial charge in [0.05, 0.1) is 28.9 Å². The van der Waals surface area contributed by atoms with Gasteiger partial charge in [-0.3, -0.25) is 14.9 Å². The molecule has 3 amide bonds. The number of carbonyl (C=O) groups excluding carboxylic acids is 3. The quantitative estimate of drug-likeness (QED) is 0.700. The van der Waals surface area contributed by atoms with Crippen molar-refractivity contribution >= 4 is 44.1 Å². The molecular formula is C21H24N2O6S2. The molecule has 1 atom stereocenters. The van der Waals surface area contributed by atoms with Crippen LogP contribution in [0.5, 0.6) is 0 Å². The highest BCUT2D eigenvalue weighted by Crippen LogP contribution is 2.40. The second-order valence-corrected chi connectivity index (χ2v) is 10.7. The highest BCUT2D eigenvalue weighted by atomic mass is 32.2. The smallest absolute Gasteiger partial charge is 0.413 e. The highest BCUT2D eigenvalue weighted by molar-refractivity contribution is 7.91. The Bertz CT molecular complexity index is 1140. The van der Waals surface area contributed by atoms with Gasteiger partial charge in [-0.2, -0.15) is 0 Å². The van der Waals surface area contributed by atoms with Crippen LogP contribution in [0.15, 0.2) is 29.2 Å². The Labute approximate surface area is 184 Å². The summed E-state index contributed by atoms with van der Waals surface area (Å²) in [5.41, 5.74) is 1.03. The van der Waals surface area contributed by atoms with Crippen LogP contribution in [0, 0.1) is 5.92 Å². The zero-order valence-electron chi connectivity index (χ0n) is 17.5. The molecule has 0 spiro atoms. The van der Waals surface area contributed by atoms with Crippen LogP contribution in [0.4, 0.5) is 9.80 Å². The van der Waals surface area contributed by atoms with E-state index < -0.39 is 27.7 Å². The number of fused-ring (bicyclic) bond motifs is 1. The van der Waals surface area contributed by atoms with E-state index in [0.717, 1.165) is 30.4 Å². The number of methoxy groups -OCH3 is 1. The molecule has 8 nitrogen and oxygen atoms in total. The van der Waals surface area contributed by atoms with Gasteiger partial charge in [0.1, 0.15) is 5.00 Å². The number of alkyl carbamates (subject to hydrolysis) is 1. The molecule has 31 heavy (non-hydrogen) atoms. The van der Waals surface area contributed by atoms with E-state index in [0.29, 0.717) is 12.3 Å². The number of ether oxygens (including phenoxy) is 1. The van der Waals surface area contributed by atoms with Gasteiger partial charge in [0, 0.05) is 4.88 Å². The summed E-state index contributed by atoms with van der Waals surface area (Å²) in [7, 11) is -2.47. The van der Waals surface area contributed by atoms with Crippen molar-refractivity contribution in [2.24, 2.45) is 5.92 Å². The first-order valence-corrected chi connectivity index (χ1v) is 12.3. The zero-order valence-corrected chi connectivity index (χ0v) is 19.1. The van der Waals surface area contributed by atoms with Gasteiger partial charge in [-0.05, 0) is 42.9 Å². The fraction of sp³-hybridized carbons (Fsp3) is 0.381. The molecule has 2 aromatic rings. The second-order valence-electron chi connectivity index (χ2n) is 7.36. The van der Waals surface area contributed by atoms with Gasteiger partial charge in [-0.15, -0.1) is 11.3 Å². The van der Waals surface area contributed by atoms with Crippen LogP contribution in [0.1, 0.15) is 51.4 Å². The number of benzene rings is 1. The van der Waals surface area contributed by atoms with Crippen LogP contribution < -0.4 is 10.6 Å². The van der Waals surface area contributed by atoms with Gasteiger partial charge in [0.2, 0.25) is 0 Å². The van der Waals surface area contributed by atoms with Crippen LogP contribution in [0.25, 0.3) is 0 Å². The number of thiophene rings is 1. The summed E-state index contributed by atoms with van der Waals surface area (Å²) in [4.78, 5) is 38.3. The predicted molar refractivity (Wildman–Crippen MR) is 118 cm³/mol. The van der Waals surface area contributed by atoms with Gasteiger partial charge >= 0.3 is 6.09 Å². The second kappa shape index (κ2) is 9.19. The molecule has 0 saturated carbocycles. The molecule has 0 aliphatic heterocycles. The van der Waals surface area contributed by atoms with Crippen LogP contribution in [-0.4, -0.2) is 39.2 Å². The summed E-state index contributed by atoms with van der Waals surface area (Å²) in [6.45, 7) is 3.62. The minimum absolute atomic E-state index is 0.00316. The average molecular weight is 465 g/mol. The van der Waals surface area contributed by atoms with Crippen molar-refractivity contribution in [2.75, 3.05) is 18.2 Å². The van der Waals surface area contributed by atoms with Gasteiger partial charge in [0.15, 0.2) is 9.84 Å². The lowest BCUT2D eigenvalue weighted by atomic mass is 9.88. The van der Waals surface area contributed by atoms with Crippen molar-refractivity contribution in [1.82, 2.24) is 5.32 Å². The molecule has 1 aromatic heterocycles. The van der Waals surface area contributed by atoms with Crippen molar-refractivity contribution < 1.29 is 27.5 Å². The van der Waals surface area contributed by atoms with Crippen LogP contribution in [0.3, 0.4) is 0 Å². The molecule has 1 aliphatic rings. The number of nitrogens with one attached hydrogen (secondary N) is 2. The number of amides is 3. The molecule has 3 rings (SSSR count). The number of hydrogen-bond donors (Lipinski definition) is 2. The molecule has 0 bridgehead atoms. The van der Waals surface area contributed by atoms with E-state index in [4.69, 9.17) is 0 Å². The summed E-state index contributed by atoms with van der Waals surface area (Å²) in [6.07, 6.45) is 1.39. The molecule has 2 N–H and O–H groups in total. The largest absolute Gasteiger partial charge is 0.453 e. The predicted octanol–water partition coefficient (Wildman–Crippen LogP) is 3.42. The number of imide groups is 1. The lowest BCUT2D eigenvalue weighted by Gasteiger charge is -2.18. The Morgan fingerprint density at radius 3 is 2.58 bits per heavy atom. The molecule has 1 aromatic carbocycles. The first-order valence-electron chi connectivity index (χ1n) is 9.84. The molecule has 1 aliphatic carbocycles. The van der Waals surface area contributed by atoms with E-state index in [9.17, 15) is 22.8 Å². The van der Waals surface area contributed by atoms with Gasteiger partial charge in [-0.1, -0.05) is 26.0 Å². The van der Waals surface area contributed by atoms with E-state index in [-0.39, 0.29) is 26.8 Å². The number of anilines is 1. The lowest BCUT2D eigenvalue weighted by Crippen LogP contribution is -2.31. The standard InChI is InChI=1S/C21H24N2O6S2/c1-4-31(27,28)16-8-6-5-7-14(16)18(24)22-20-17(19(25)23-21(26)29-3)13-10-9-12(2)11-15(13)30-20/h5-8,12H,4,9-11H2,1-3H3,(H,22,24)(H,23,25,26). The summed E-state index contributed by atoms with van der Waals surface area (Å²) < 4.78 is 29.3. The molecular weight excluding hydrogens is 440 g/mol. The molecule has 10 heteroatoms. The van der Waals surface area contributed by atoms with Gasteiger partial charge in [-0.25, -0.2) is 13.2 Å². The molecule has 1 unspecified atom stereocenters. The minimum atomic E-state index is -3.62. The maximum absolute atomic E-state index is 13.0. The molecule has 166 valence electrons. The first-order chi connectivity index (χ1) is 14.7. The van der Waals surface area contributed by atoms with Crippen molar-refractivity contribution in [3.05, 3.63) is 45.8 Å². The van der Waals surface area contributed by atoms with Gasteiger partial charge in [0.25, 0.3) is 11.8 Å². The average Bonchev–Trinajstić information content (AvgIpc) is 3.10. The van der Waals surface area contributed by atoms with E-state index in [2.05, 4.69) is 22.3 Å². The molecule has 0 fully saturated rings. The Morgan fingerprint density at radius 2 is 1.90 bits per heavy atom. The summed E-state index contributed by atoms with van der Waals surface area (Å²) in [6, 6.07) is 5.96. The van der Waals surface area contributed by atoms with Crippen LogP contribution in [-0.2, 0) is 27.4 Å². The summed E-state index contributed by atoms with van der Waals surface area (Å²) in [5, 5.41) is 5.15. The molecule has 1 heterocycles. The zero-order chi connectivity index (χ0) is 22.8. The number of sulfone groups is 1. The topological polar surface area (TPSA) is 119 Å². The third-order valence-corrected chi connectivity index (χ3v) is 8.17. The van der Waals surface area contributed by atoms with Crippen molar-refractivity contribution in [3.63, 3.8) is 0 Å². The SMILES string of the molecule is CCS(=O)(=O)c1ccccc1C(=O)Nc1sc2c(c1C(=O)NC(=O)OC)CCC(C)C2.